The molecular weight excluding hydrogens is 689 g/mol. The van der Waals surface area contributed by atoms with E-state index in [1.807, 2.05) is 30.3 Å². The van der Waals surface area contributed by atoms with Gasteiger partial charge in [0.15, 0.2) is 0 Å². The molecule has 278 valence electrons. The van der Waals surface area contributed by atoms with Gasteiger partial charge in [0.2, 0.25) is 5.91 Å². The van der Waals surface area contributed by atoms with E-state index in [-0.39, 0.29) is 12.5 Å². The highest BCUT2D eigenvalue weighted by molar-refractivity contribution is 6.32. The van der Waals surface area contributed by atoms with Crippen molar-refractivity contribution in [1.29, 1.82) is 5.26 Å². The number of amides is 1. The number of carbonyl (C=O) groups excluding carboxylic acids is 1. The lowest BCUT2D eigenvalue weighted by Gasteiger charge is -2.29. The van der Waals surface area contributed by atoms with E-state index in [4.69, 9.17) is 21.1 Å². The molecule has 0 aliphatic carbocycles. The zero-order valence-corrected chi connectivity index (χ0v) is 31.5. The van der Waals surface area contributed by atoms with Crippen LogP contribution in [0.3, 0.4) is 0 Å². The third kappa shape index (κ3) is 10.1. The van der Waals surface area contributed by atoms with E-state index in [9.17, 15) is 14.4 Å². The minimum Gasteiger partial charge on any atom is -0.488 e. The van der Waals surface area contributed by atoms with Gasteiger partial charge in [-0.25, -0.2) is 4.39 Å². The second-order valence-electron chi connectivity index (χ2n) is 13.9. The van der Waals surface area contributed by atoms with E-state index in [1.54, 1.807) is 6.07 Å². The monoisotopic (exact) mass is 737 g/mol. The van der Waals surface area contributed by atoms with Crippen molar-refractivity contribution in [3.05, 3.63) is 111 Å². The summed E-state index contributed by atoms with van der Waals surface area (Å²) in [6.45, 7) is 10.6. The smallest absolute Gasteiger partial charge is 0.216 e. The van der Waals surface area contributed by atoms with Crippen molar-refractivity contribution in [1.82, 2.24) is 15.5 Å². The summed E-state index contributed by atoms with van der Waals surface area (Å²) >= 11 is 6.81. The van der Waals surface area contributed by atoms with Gasteiger partial charge in [-0.05, 0) is 96.8 Å². The molecular formula is C43H49ClFN5O3. The number of fused-ring (bicyclic) bond motifs is 1. The number of carbonyl (C=O) groups is 1. The molecule has 1 saturated heterocycles. The lowest BCUT2D eigenvalue weighted by Crippen LogP contribution is -2.36. The molecule has 2 aliphatic rings. The average molecular weight is 738 g/mol. The number of halogens is 2. The molecule has 1 amide bonds. The van der Waals surface area contributed by atoms with Crippen molar-refractivity contribution in [2.24, 2.45) is 0 Å². The average Bonchev–Trinajstić information content (AvgIpc) is 3.58. The number of nitrogens with one attached hydrogen (secondary N) is 2. The summed E-state index contributed by atoms with van der Waals surface area (Å²) < 4.78 is 26.3. The van der Waals surface area contributed by atoms with Crippen LogP contribution in [0.1, 0.15) is 59.6 Å². The second-order valence-corrected chi connectivity index (χ2v) is 14.3. The zero-order valence-electron chi connectivity index (χ0n) is 30.7. The molecule has 2 N–H and O–H groups in total. The van der Waals surface area contributed by atoms with Crippen molar-refractivity contribution in [3.63, 3.8) is 0 Å². The van der Waals surface area contributed by atoms with Crippen molar-refractivity contribution < 1.29 is 18.7 Å². The number of nitriles is 1. The van der Waals surface area contributed by atoms with E-state index in [0.717, 1.165) is 62.3 Å². The summed E-state index contributed by atoms with van der Waals surface area (Å²) in [6.07, 6.45) is 2.78. The van der Waals surface area contributed by atoms with Gasteiger partial charge in [0.1, 0.15) is 30.9 Å². The van der Waals surface area contributed by atoms with Gasteiger partial charge in [0.25, 0.3) is 0 Å². The Kier molecular flexibility index (Phi) is 13.2. The molecule has 0 atom stereocenters. The van der Waals surface area contributed by atoms with Crippen LogP contribution >= 0.6 is 11.6 Å². The number of likely N-dealkylation sites (tertiary alicyclic amines) is 1. The SMILES string of the molecule is CC(=O)NCCNCc1cc(Cl)c(OCc2cccc(-c3cccc4c3CCN4CCCN3CCC(F)CC3)c2C)cc1OCc1cccc(C#N)c1. The highest BCUT2D eigenvalue weighted by Gasteiger charge is 2.24. The minimum absolute atomic E-state index is 0.0742. The molecule has 53 heavy (non-hydrogen) atoms. The topological polar surface area (TPSA) is 89.9 Å². The predicted octanol–water partition coefficient (Wildman–Crippen LogP) is 7.76. The van der Waals surface area contributed by atoms with Crippen LogP contribution in [0.25, 0.3) is 11.1 Å². The maximum absolute atomic E-state index is 13.6. The number of nitrogens with zero attached hydrogens (tertiary/aromatic N) is 3. The highest BCUT2D eigenvalue weighted by atomic mass is 35.5. The summed E-state index contributed by atoms with van der Waals surface area (Å²) in [4.78, 5) is 16.2. The molecule has 0 radical (unpaired) electrons. The van der Waals surface area contributed by atoms with Crippen molar-refractivity contribution in [2.45, 2.75) is 65.5 Å². The Balaban J connectivity index is 1.14. The number of piperidine rings is 1. The zero-order chi connectivity index (χ0) is 37.2. The number of anilines is 1. The van der Waals surface area contributed by atoms with Crippen LogP contribution in [0.15, 0.2) is 72.8 Å². The van der Waals surface area contributed by atoms with Gasteiger partial charge in [0.05, 0.1) is 16.7 Å². The van der Waals surface area contributed by atoms with E-state index in [1.165, 1.54) is 34.9 Å². The molecule has 4 aromatic carbocycles. The molecule has 2 heterocycles. The number of alkyl halides is 1. The van der Waals surface area contributed by atoms with Crippen LogP contribution in [0.2, 0.25) is 5.02 Å². The first kappa shape index (κ1) is 38.1. The molecule has 0 spiro atoms. The Bertz CT molecular complexity index is 1920. The van der Waals surface area contributed by atoms with Gasteiger partial charge in [-0.1, -0.05) is 54.1 Å². The fourth-order valence-electron chi connectivity index (χ4n) is 7.28. The van der Waals surface area contributed by atoms with Gasteiger partial charge in [-0.2, -0.15) is 5.26 Å². The summed E-state index contributed by atoms with van der Waals surface area (Å²) in [5.74, 6) is 1.07. The van der Waals surface area contributed by atoms with Gasteiger partial charge in [-0.3, -0.25) is 4.79 Å². The molecule has 2 aliphatic heterocycles. The molecule has 0 bridgehead atoms. The van der Waals surface area contributed by atoms with Gasteiger partial charge in [-0.15, -0.1) is 0 Å². The number of rotatable bonds is 16. The molecule has 0 unspecified atom stereocenters. The van der Waals surface area contributed by atoms with Crippen molar-refractivity contribution in [3.8, 4) is 28.7 Å². The van der Waals surface area contributed by atoms with Crippen molar-refractivity contribution >= 4 is 23.2 Å². The van der Waals surface area contributed by atoms with E-state index in [0.29, 0.717) is 61.2 Å². The quantitative estimate of drug-likeness (QED) is 0.114. The normalized spacial score (nSPS) is 14.5. The van der Waals surface area contributed by atoms with E-state index < -0.39 is 6.17 Å². The van der Waals surface area contributed by atoms with Crippen LogP contribution in [0.5, 0.6) is 11.5 Å². The Labute approximate surface area is 317 Å². The van der Waals surface area contributed by atoms with Crippen LogP contribution in [0.4, 0.5) is 10.1 Å². The maximum atomic E-state index is 13.6. The summed E-state index contributed by atoms with van der Waals surface area (Å²) in [5, 5.41) is 15.9. The first-order valence-corrected chi connectivity index (χ1v) is 19.0. The third-order valence-corrected chi connectivity index (χ3v) is 10.5. The molecule has 1 fully saturated rings. The number of ether oxygens (including phenoxy) is 2. The summed E-state index contributed by atoms with van der Waals surface area (Å²) in [6, 6.07) is 26.2. The molecule has 8 nitrogen and oxygen atoms in total. The first-order chi connectivity index (χ1) is 25.8. The Morgan fingerprint density at radius 2 is 1.70 bits per heavy atom. The standard InChI is InChI=1S/C43H49ClFN5O3/c1-30-34(9-4-10-37(30)38-11-5-12-41-39(38)15-22-50(41)19-6-18-49-20-13-36(45)14-21-49)29-53-43-25-42(52-28-33-8-3-7-32(23-33)26-46)35(24-40(43)44)27-47-16-17-48-31(2)51/h3-5,7-12,23-25,36,47H,6,13-22,27-29H2,1-2H3,(H,48,51). The van der Waals surface area contributed by atoms with Gasteiger partial charge in [0, 0.05) is 70.1 Å². The van der Waals surface area contributed by atoms with Crippen LogP contribution < -0.4 is 25.0 Å². The number of benzene rings is 4. The van der Waals surface area contributed by atoms with Gasteiger partial charge >= 0.3 is 0 Å². The second kappa shape index (κ2) is 18.4. The Hall–Kier alpha value is -4.62. The molecule has 0 saturated carbocycles. The van der Waals surface area contributed by atoms with E-state index >= 15 is 0 Å². The Morgan fingerprint density at radius 1 is 0.925 bits per heavy atom. The van der Waals surface area contributed by atoms with Gasteiger partial charge < -0.3 is 29.9 Å². The summed E-state index contributed by atoms with van der Waals surface area (Å²) in [7, 11) is 0. The largest absolute Gasteiger partial charge is 0.488 e. The van der Waals surface area contributed by atoms with Crippen LogP contribution in [-0.2, 0) is 31.0 Å². The highest BCUT2D eigenvalue weighted by Crippen LogP contribution is 2.39. The third-order valence-electron chi connectivity index (χ3n) is 10.2. The van der Waals surface area contributed by atoms with Crippen LogP contribution in [-0.4, -0.2) is 62.8 Å². The fourth-order valence-corrected chi connectivity index (χ4v) is 7.52. The molecule has 6 rings (SSSR count). The fraction of sp³-hybridized carbons (Fsp3) is 0.395. The lowest BCUT2D eigenvalue weighted by molar-refractivity contribution is -0.118. The number of hydrogen-bond donors (Lipinski definition) is 2. The molecule has 10 heteroatoms. The number of hydrogen-bond acceptors (Lipinski definition) is 7. The first-order valence-electron chi connectivity index (χ1n) is 18.6. The summed E-state index contributed by atoms with van der Waals surface area (Å²) in [5.41, 5.74) is 9.71. The molecule has 4 aromatic rings. The van der Waals surface area contributed by atoms with Crippen molar-refractivity contribution in [2.75, 3.05) is 50.7 Å². The van der Waals surface area contributed by atoms with Crippen LogP contribution in [0, 0.1) is 18.3 Å². The molecule has 0 aromatic heterocycles. The maximum Gasteiger partial charge on any atom is 0.216 e. The lowest BCUT2D eigenvalue weighted by atomic mass is 9.92. The Morgan fingerprint density at radius 3 is 2.51 bits per heavy atom. The predicted molar refractivity (Wildman–Crippen MR) is 209 cm³/mol. The minimum atomic E-state index is -0.631. The van der Waals surface area contributed by atoms with E-state index in [2.05, 4.69) is 69.8 Å².